The highest BCUT2D eigenvalue weighted by Gasteiger charge is 2.34. The third-order valence-corrected chi connectivity index (χ3v) is 2.65. The average Bonchev–Trinajstić information content (AvgIpc) is 2.09. The van der Waals surface area contributed by atoms with Crippen LogP contribution in [-0.4, -0.2) is 13.1 Å². The predicted octanol–water partition coefficient (Wildman–Crippen LogP) is 2.30. The topological polar surface area (TPSA) is 26.3 Å². The summed E-state index contributed by atoms with van der Waals surface area (Å²) in [4.78, 5) is 11.3. The smallest absolute Gasteiger partial charge is 0.311 e. The minimum absolute atomic E-state index is 0.0775. The molecular weight excluding hydrogens is 152 g/mol. The van der Waals surface area contributed by atoms with E-state index in [1.807, 2.05) is 6.92 Å². The first-order valence-corrected chi connectivity index (χ1v) is 4.32. The zero-order valence-corrected chi connectivity index (χ0v) is 8.02. The average molecular weight is 168 g/mol. The molecule has 0 saturated carbocycles. The number of ether oxygens (including phenoxy) is 1. The van der Waals surface area contributed by atoms with E-state index in [0.29, 0.717) is 0 Å². The molecule has 0 bridgehead atoms. The molecule has 0 aromatic rings. The fourth-order valence-electron chi connectivity index (χ4n) is 1.51. The monoisotopic (exact) mass is 168 g/mol. The molecule has 0 unspecified atom stereocenters. The van der Waals surface area contributed by atoms with E-state index in [-0.39, 0.29) is 11.4 Å². The second-order valence-electron chi connectivity index (χ2n) is 3.81. The summed E-state index contributed by atoms with van der Waals surface area (Å²) in [5.41, 5.74) is 1.12. The van der Waals surface area contributed by atoms with Gasteiger partial charge in [0.05, 0.1) is 12.5 Å². The Hall–Kier alpha value is -0.790. The van der Waals surface area contributed by atoms with E-state index in [0.717, 1.165) is 19.3 Å². The van der Waals surface area contributed by atoms with Crippen molar-refractivity contribution in [1.29, 1.82) is 0 Å². The number of methoxy groups -OCH3 is 1. The van der Waals surface area contributed by atoms with E-state index in [1.54, 1.807) is 0 Å². The van der Waals surface area contributed by atoms with Gasteiger partial charge in [0.15, 0.2) is 0 Å². The summed E-state index contributed by atoms with van der Waals surface area (Å²) < 4.78 is 4.76. The summed E-state index contributed by atoms with van der Waals surface area (Å²) in [6, 6.07) is 0. The summed E-state index contributed by atoms with van der Waals surface area (Å²) >= 11 is 0. The Morgan fingerprint density at radius 3 is 2.75 bits per heavy atom. The second kappa shape index (κ2) is 3.30. The van der Waals surface area contributed by atoms with E-state index in [1.165, 1.54) is 12.7 Å². The molecule has 0 heterocycles. The van der Waals surface area contributed by atoms with Gasteiger partial charge in [-0.05, 0) is 33.1 Å². The minimum Gasteiger partial charge on any atom is -0.469 e. The summed E-state index contributed by atoms with van der Waals surface area (Å²) in [5.74, 6) is -0.0775. The minimum atomic E-state index is -0.270. The van der Waals surface area contributed by atoms with Crippen LogP contribution in [0.2, 0.25) is 0 Å². The third-order valence-electron chi connectivity index (χ3n) is 2.65. The van der Waals surface area contributed by atoms with Crippen molar-refractivity contribution in [1.82, 2.24) is 0 Å². The first kappa shape index (κ1) is 9.30. The largest absolute Gasteiger partial charge is 0.469 e. The number of allylic oxidation sites excluding steroid dienone is 2. The lowest BCUT2D eigenvalue weighted by atomic mass is 9.77. The lowest BCUT2D eigenvalue weighted by molar-refractivity contribution is -0.152. The standard InChI is InChI=1S/C10H16O2/c1-8-4-6-10(2,7-5-8)9(11)12-3/h4H,5-7H2,1-3H3/t10-/m0/s1. The highest BCUT2D eigenvalue weighted by Crippen LogP contribution is 2.35. The zero-order valence-electron chi connectivity index (χ0n) is 8.02. The molecule has 2 heteroatoms. The van der Waals surface area contributed by atoms with Crippen LogP contribution in [0.4, 0.5) is 0 Å². The van der Waals surface area contributed by atoms with E-state index in [9.17, 15) is 4.79 Å². The molecule has 68 valence electrons. The fourth-order valence-corrected chi connectivity index (χ4v) is 1.51. The van der Waals surface area contributed by atoms with Crippen LogP contribution >= 0.6 is 0 Å². The van der Waals surface area contributed by atoms with Crippen molar-refractivity contribution in [2.75, 3.05) is 7.11 Å². The summed E-state index contributed by atoms with van der Waals surface area (Å²) in [5, 5.41) is 0. The Balaban J connectivity index is 2.69. The van der Waals surface area contributed by atoms with Crippen molar-refractivity contribution in [2.24, 2.45) is 5.41 Å². The highest BCUT2D eigenvalue weighted by molar-refractivity contribution is 5.76. The number of rotatable bonds is 1. The van der Waals surface area contributed by atoms with E-state index >= 15 is 0 Å². The maximum atomic E-state index is 11.3. The van der Waals surface area contributed by atoms with Gasteiger partial charge >= 0.3 is 5.97 Å². The van der Waals surface area contributed by atoms with Gasteiger partial charge in [-0.3, -0.25) is 4.79 Å². The molecule has 0 aromatic heterocycles. The van der Waals surface area contributed by atoms with Crippen molar-refractivity contribution in [3.63, 3.8) is 0 Å². The fraction of sp³-hybridized carbons (Fsp3) is 0.700. The van der Waals surface area contributed by atoms with Gasteiger partial charge in [0, 0.05) is 0 Å². The molecule has 0 radical (unpaired) electrons. The number of esters is 1. The van der Waals surface area contributed by atoms with Crippen LogP contribution in [0.1, 0.15) is 33.1 Å². The van der Waals surface area contributed by atoms with E-state index in [4.69, 9.17) is 4.74 Å². The van der Waals surface area contributed by atoms with Crippen LogP contribution in [-0.2, 0) is 9.53 Å². The number of hydrogen-bond acceptors (Lipinski definition) is 2. The Morgan fingerprint density at radius 1 is 1.67 bits per heavy atom. The van der Waals surface area contributed by atoms with Crippen molar-refractivity contribution < 1.29 is 9.53 Å². The maximum absolute atomic E-state index is 11.3. The van der Waals surface area contributed by atoms with Gasteiger partial charge in [0.25, 0.3) is 0 Å². The molecule has 1 rings (SSSR count). The molecule has 1 aliphatic rings. The summed E-state index contributed by atoms with van der Waals surface area (Å²) in [6.45, 7) is 4.08. The Kier molecular flexibility index (Phi) is 2.55. The highest BCUT2D eigenvalue weighted by atomic mass is 16.5. The number of carbonyl (C=O) groups is 1. The Morgan fingerprint density at radius 2 is 2.33 bits per heavy atom. The van der Waals surface area contributed by atoms with Crippen LogP contribution in [0.25, 0.3) is 0 Å². The zero-order chi connectivity index (χ0) is 9.19. The van der Waals surface area contributed by atoms with Crippen LogP contribution in [0, 0.1) is 5.41 Å². The van der Waals surface area contributed by atoms with Crippen molar-refractivity contribution in [2.45, 2.75) is 33.1 Å². The molecule has 0 N–H and O–H groups in total. The van der Waals surface area contributed by atoms with Gasteiger partial charge in [-0.2, -0.15) is 0 Å². The Labute approximate surface area is 73.6 Å². The van der Waals surface area contributed by atoms with Crippen molar-refractivity contribution >= 4 is 5.97 Å². The number of hydrogen-bond donors (Lipinski definition) is 0. The molecule has 0 saturated heterocycles. The SMILES string of the molecule is COC(=O)[C@@]1(C)CC=C(C)CC1. The first-order chi connectivity index (χ1) is 5.58. The van der Waals surface area contributed by atoms with E-state index < -0.39 is 0 Å². The number of carbonyl (C=O) groups excluding carboxylic acids is 1. The Bertz CT molecular complexity index is 218. The molecular formula is C10H16O2. The van der Waals surface area contributed by atoms with E-state index in [2.05, 4.69) is 13.0 Å². The predicted molar refractivity (Wildman–Crippen MR) is 47.7 cm³/mol. The molecule has 1 atom stereocenters. The van der Waals surface area contributed by atoms with Crippen LogP contribution < -0.4 is 0 Å². The molecule has 2 nitrogen and oxygen atoms in total. The molecule has 0 aromatic carbocycles. The van der Waals surface area contributed by atoms with Crippen molar-refractivity contribution in [3.05, 3.63) is 11.6 Å². The van der Waals surface area contributed by atoms with Crippen LogP contribution in [0.3, 0.4) is 0 Å². The van der Waals surface area contributed by atoms with Gasteiger partial charge in [-0.1, -0.05) is 11.6 Å². The van der Waals surface area contributed by atoms with Gasteiger partial charge in [0.2, 0.25) is 0 Å². The molecule has 0 spiro atoms. The van der Waals surface area contributed by atoms with Gasteiger partial charge in [-0.15, -0.1) is 0 Å². The lowest BCUT2D eigenvalue weighted by Gasteiger charge is -2.28. The quantitative estimate of drug-likeness (QED) is 0.443. The molecule has 0 aliphatic heterocycles. The lowest BCUT2D eigenvalue weighted by Crippen LogP contribution is -2.30. The van der Waals surface area contributed by atoms with Crippen LogP contribution in [0.15, 0.2) is 11.6 Å². The summed E-state index contributed by atoms with van der Waals surface area (Å²) in [7, 11) is 1.46. The normalized spacial score (nSPS) is 29.4. The van der Waals surface area contributed by atoms with Gasteiger partial charge < -0.3 is 4.74 Å². The second-order valence-corrected chi connectivity index (χ2v) is 3.81. The van der Waals surface area contributed by atoms with Gasteiger partial charge in [0.1, 0.15) is 0 Å². The van der Waals surface area contributed by atoms with Crippen molar-refractivity contribution in [3.8, 4) is 0 Å². The first-order valence-electron chi connectivity index (χ1n) is 4.32. The molecule has 1 aliphatic carbocycles. The van der Waals surface area contributed by atoms with Gasteiger partial charge in [-0.25, -0.2) is 0 Å². The summed E-state index contributed by atoms with van der Waals surface area (Å²) in [6.07, 6.45) is 4.90. The molecule has 0 fully saturated rings. The molecule has 0 amide bonds. The third kappa shape index (κ3) is 1.68. The maximum Gasteiger partial charge on any atom is 0.311 e. The van der Waals surface area contributed by atoms with Crippen LogP contribution in [0.5, 0.6) is 0 Å². The molecule has 12 heavy (non-hydrogen) atoms.